The van der Waals surface area contributed by atoms with Crippen LogP contribution in [0, 0.1) is 0 Å². The van der Waals surface area contributed by atoms with Crippen LogP contribution in [0.5, 0.6) is 11.6 Å². The molecule has 1 saturated heterocycles. The monoisotopic (exact) mass is 605 g/mol. The second-order valence-electron chi connectivity index (χ2n) is 12.3. The number of aryl methyl sites for hydroxylation is 2. The average molecular weight is 606 g/mol. The van der Waals surface area contributed by atoms with Crippen molar-refractivity contribution in [2.24, 2.45) is 0 Å². The van der Waals surface area contributed by atoms with E-state index in [0.717, 1.165) is 48.8 Å². The van der Waals surface area contributed by atoms with Crippen LogP contribution in [-0.2, 0) is 27.1 Å². The SMILES string of the molecule is COCOc1ccccc1-c1cc(CCc2ccnc(OC3CC(OC4CCN(C(=O)OC(C)(C)C)CC4)C3)c2)c(N)nn1. The van der Waals surface area contributed by atoms with Gasteiger partial charge in [0.05, 0.1) is 17.9 Å². The molecule has 2 N–H and O–H groups in total. The molecule has 11 heteroatoms. The number of carbonyl (C=O) groups is 1. The van der Waals surface area contributed by atoms with E-state index < -0.39 is 5.60 Å². The number of likely N-dealkylation sites (tertiary alicyclic amines) is 1. The summed E-state index contributed by atoms with van der Waals surface area (Å²) in [5.41, 5.74) is 9.24. The van der Waals surface area contributed by atoms with E-state index in [9.17, 15) is 4.79 Å². The molecule has 0 radical (unpaired) electrons. The second-order valence-corrected chi connectivity index (χ2v) is 12.3. The van der Waals surface area contributed by atoms with Crippen molar-refractivity contribution < 1.29 is 28.5 Å². The number of ether oxygens (including phenoxy) is 5. The lowest BCUT2D eigenvalue weighted by Gasteiger charge is -2.39. The molecule has 5 rings (SSSR count). The minimum Gasteiger partial charge on any atom is -0.474 e. The van der Waals surface area contributed by atoms with Crippen molar-refractivity contribution in [3.8, 4) is 22.9 Å². The number of nitrogens with two attached hydrogens (primary N) is 1. The maximum absolute atomic E-state index is 12.3. The summed E-state index contributed by atoms with van der Waals surface area (Å²) in [6.07, 6.45) is 6.65. The van der Waals surface area contributed by atoms with Crippen molar-refractivity contribution in [2.75, 3.05) is 32.7 Å². The Hall–Kier alpha value is -3.96. The summed E-state index contributed by atoms with van der Waals surface area (Å²) in [6, 6.07) is 13.6. The Balaban J connectivity index is 1.08. The first-order chi connectivity index (χ1) is 21.2. The van der Waals surface area contributed by atoms with E-state index in [2.05, 4.69) is 15.2 Å². The number of amides is 1. The highest BCUT2D eigenvalue weighted by Crippen LogP contribution is 2.32. The topological polar surface area (TPSA) is 131 Å². The van der Waals surface area contributed by atoms with E-state index in [4.69, 9.17) is 29.4 Å². The number of para-hydroxylation sites is 1. The molecule has 1 aliphatic carbocycles. The van der Waals surface area contributed by atoms with Crippen molar-refractivity contribution in [1.29, 1.82) is 0 Å². The first-order valence-corrected chi connectivity index (χ1v) is 15.2. The molecule has 1 amide bonds. The smallest absolute Gasteiger partial charge is 0.410 e. The maximum Gasteiger partial charge on any atom is 0.410 e. The fourth-order valence-electron chi connectivity index (χ4n) is 5.32. The van der Waals surface area contributed by atoms with Crippen molar-refractivity contribution in [3.63, 3.8) is 0 Å². The summed E-state index contributed by atoms with van der Waals surface area (Å²) in [6.45, 7) is 7.11. The summed E-state index contributed by atoms with van der Waals surface area (Å²) in [4.78, 5) is 18.5. The summed E-state index contributed by atoms with van der Waals surface area (Å²) in [5, 5.41) is 8.51. The molecule has 0 unspecified atom stereocenters. The van der Waals surface area contributed by atoms with E-state index >= 15 is 0 Å². The zero-order chi connectivity index (χ0) is 31.1. The van der Waals surface area contributed by atoms with E-state index in [1.807, 2.05) is 63.2 Å². The predicted molar refractivity (Wildman–Crippen MR) is 165 cm³/mol. The minimum atomic E-state index is -0.483. The number of hydrogen-bond donors (Lipinski definition) is 1. The van der Waals surface area contributed by atoms with Crippen LogP contribution in [0.25, 0.3) is 11.3 Å². The first kappa shape index (κ1) is 31.5. The quantitative estimate of drug-likeness (QED) is 0.291. The summed E-state index contributed by atoms with van der Waals surface area (Å²) in [5.74, 6) is 1.69. The van der Waals surface area contributed by atoms with E-state index in [0.29, 0.717) is 42.7 Å². The number of rotatable bonds is 11. The fourth-order valence-corrected chi connectivity index (χ4v) is 5.32. The van der Waals surface area contributed by atoms with Gasteiger partial charge in [0.15, 0.2) is 6.79 Å². The number of pyridine rings is 1. The van der Waals surface area contributed by atoms with E-state index in [1.165, 1.54) is 0 Å². The predicted octanol–water partition coefficient (Wildman–Crippen LogP) is 5.21. The highest BCUT2D eigenvalue weighted by Gasteiger charge is 2.35. The average Bonchev–Trinajstić information content (AvgIpc) is 2.98. The Kier molecular flexibility index (Phi) is 10.2. The van der Waals surface area contributed by atoms with E-state index in [-0.39, 0.29) is 31.2 Å². The third-order valence-electron chi connectivity index (χ3n) is 7.70. The number of benzene rings is 1. The number of nitrogens with zero attached hydrogens (tertiary/aromatic N) is 4. The molecule has 2 aromatic heterocycles. The molecule has 0 bridgehead atoms. The minimum absolute atomic E-state index is 0.0765. The molecule has 3 aromatic rings. The van der Waals surface area contributed by atoms with Crippen LogP contribution in [0.3, 0.4) is 0 Å². The number of nitrogen functional groups attached to an aromatic ring is 1. The highest BCUT2D eigenvalue weighted by atomic mass is 16.7. The molecule has 236 valence electrons. The molecule has 44 heavy (non-hydrogen) atoms. The lowest BCUT2D eigenvalue weighted by atomic mass is 9.91. The number of aromatic nitrogens is 3. The van der Waals surface area contributed by atoms with Gasteiger partial charge in [0.1, 0.15) is 23.3 Å². The fraction of sp³-hybridized carbons (Fsp3) is 0.515. The van der Waals surface area contributed by atoms with Crippen LogP contribution in [0.4, 0.5) is 10.6 Å². The molecule has 3 heterocycles. The first-order valence-electron chi connectivity index (χ1n) is 15.2. The van der Waals surface area contributed by atoms with Gasteiger partial charge in [-0.25, -0.2) is 9.78 Å². The molecule has 2 aliphatic rings. The Labute approximate surface area is 259 Å². The number of methoxy groups -OCH3 is 1. The molecule has 1 aliphatic heterocycles. The molecule has 0 spiro atoms. The molecular formula is C33H43N5O6. The summed E-state index contributed by atoms with van der Waals surface area (Å²) in [7, 11) is 1.58. The Morgan fingerprint density at radius 3 is 2.52 bits per heavy atom. The molecular weight excluding hydrogens is 562 g/mol. The highest BCUT2D eigenvalue weighted by molar-refractivity contribution is 5.68. The van der Waals surface area contributed by atoms with Gasteiger partial charge < -0.3 is 34.3 Å². The van der Waals surface area contributed by atoms with E-state index in [1.54, 1.807) is 18.2 Å². The van der Waals surface area contributed by atoms with Gasteiger partial charge in [0.2, 0.25) is 5.88 Å². The van der Waals surface area contributed by atoms with Gasteiger partial charge in [-0.1, -0.05) is 12.1 Å². The van der Waals surface area contributed by atoms with Gasteiger partial charge >= 0.3 is 6.09 Å². The molecule has 2 fully saturated rings. The molecule has 1 aromatic carbocycles. The Morgan fingerprint density at radius 2 is 1.77 bits per heavy atom. The number of piperidine rings is 1. The van der Waals surface area contributed by atoms with Crippen LogP contribution < -0.4 is 15.2 Å². The van der Waals surface area contributed by atoms with Crippen molar-refractivity contribution >= 4 is 11.9 Å². The second kappa shape index (κ2) is 14.2. The largest absolute Gasteiger partial charge is 0.474 e. The van der Waals surface area contributed by atoms with Crippen LogP contribution >= 0.6 is 0 Å². The van der Waals surface area contributed by atoms with Crippen molar-refractivity contribution in [1.82, 2.24) is 20.1 Å². The zero-order valence-electron chi connectivity index (χ0n) is 26.0. The zero-order valence-corrected chi connectivity index (χ0v) is 26.0. The third-order valence-corrected chi connectivity index (χ3v) is 7.70. The summed E-state index contributed by atoms with van der Waals surface area (Å²) < 4.78 is 28.7. The van der Waals surface area contributed by atoms with Crippen LogP contribution in [-0.4, -0.2) is 77.1 Å². The third kappa shape index (κ3) is 8.57. The Morgan fingerprint density at radius 1 is 1.00 bits per heavy atom. The number of carbonyl (C=O) groups excluding carboxylic acids is 1. The van der Waals surface area contributed by atoms with Gasteiger partial charge in [-0.15, -0.1) is 10.2 Å². The van der Waals surface area contributed by atoms with Gasteiger partial charge in [0, 0.05) is 50.9 Å². The van der Waals surface area contributed by atoms with Crippen LogP contribution in [0.15, 0.2) is 48.7 Å². The normalized spacial score (nSPS) is 18.9. The maximum atomic E-state index is 12.3. The van der Waals surface area contributed by atoms with Crippen LogP contribution in [0.1, 0.15) is 57.6 Å². The standard InChI is InChI=1S/C33H43N5O6/c1-33(2,3)44-32(39)38-15-12-24(13-16-38)42-25-19-26(20-25)43-30-17-22(11-14-35-30)9-10-23-18-28(36-37-31(23)34)27-7-5-6-8-29(27)41-21-40-4/h5-8,11,14,17-18,24-26H,9-10,12-13,15-16,19-21H2,1-4H3,(H2,34,37). The number of anilines is 1. The van der Waals surface area contributed by atoms with Gasteiger partial charge in [-0.3, -0.25) is 0 Å². The van der Waals surface area contributed by atoms with Gasteiger partial charge in [-0.05, 0) is 81.8 Å². The molecule has 0 atom stereocenters. The Bertz CT molecular complexity index is 1400. The lowest BCUT2D eigenvalue weighted by molar-refractivity contribution is -0.110. The number of hydrogen-bond acceptors (Lipinski definition) is 10. The van der Waals surface area contributed by atoms with Gasteiger partial charge in [0.25, 0.3) is 0 Å². The summed E-state index contributed by atoms with van der Waals surface area (Å²) >= 11 is 0. The van der Waals surface area contributed by atoms with Gasteiger partial charge in [-0.2, -0.15) is 0 Å². The molecule has 11 nitrogen and oxygen atoms in total. The van der Waals surface area contributed by atoms with Crippen molar-refractivity contribution in [3.05, 3.63) is 59.8 Å². The van der Waals surface area contributed by atoms with Crippen molar-refractivity contribution in [2.45, 2.75) is 83.2 Å². The van der Waals surface area contributed by atoms with Crippen LogP contribution in [0.2, 0.25) is 0 Å². The lowest BCUT2D eigenvalue weighted by Crippen LogP contribution is -2.46. The molecule has 1 saturated carbocycles.